The van der Waals surface area contributed by atoms with Gasteiger partial charge in [0, 0.05) is 7.05 Å². The maximum absolute atomic E-state index is 11.1. The molecule has 1 aliphatic heterocycles. The van der Waals surface area contributed by atoms with Crippen LogP contribution in [0.3, 0.4) is 0 Å². The predicted octanol–water partition coefficient (Wildman–Crippen LogP) is 2.02. The average Bonchev–Trinajstić information content (AvgIpc) is 2.25. The first-order chi connectivity index (χ1) is 5.66. The smallest absolute Gasteiger partial charge is 0.410 e. The van der Waals surface area contributed by atoms with Crippen molar-refractivity contribution < 1.29 is 9.53 Å². The van der Waals surface area contributed by atoms with Gasteiger partial charge in [-0.05, 0) is 13.3 Å². The normalized spacial score (nSPS) is 29.2. The summed E-state index contributed by atoms with van der Waals surface area (Å²) in [6, 6.07) is 0.289. The molecule has 0 aromatic rings. The summed E-state index contributed by atoms with van der Waals surface area (Å²) in [5, 5.41) is 0. The van der Waals surface area contributed by atoms with Gasteiger partial charge < -0.3 is 9.64 Å². The lowest BCUT2D eigenvalue weighted by molar-refractivity contribution is 0.137. The summed E-state index contributed by atoms with van der Waals surface area (Å²) in [7, 11) is 1.81. The van der Waals surface area contributed by atoms with Gasteiger partial charge in [-0.2, -0.15) is 0 Å². The molecule has 0 bridgehead atoms. The fourth-order valence-electron chi connectivity index (χ4n) is 1.61. The standard InChI is InChI=1S/C9H17NO2/c1-4-5-6-8-7(2)12-9(11)10(8)3/h7-8H,4-6H2,1-3H3/t7-,8+/m1/s1. The van der Waals surface area contributed by atoms with Crippen molar-refractivity contribution in [3.8, 4) is 0 Å². The highest BCUT2D eigenvalue weighted by Gasteiger charge is 2.35. The first-order valence-electron chi connectivity index (χ1n) is 4.60. The minimum atomic E-state index is -0.177. The van der Waals surface area contributed by atoms with E-state index in [2.05, 4.69) is 6.92 Å². The largest absolute Gasteiger partial charge is 0.444 e. The third-order valence-corrected chi connectivity index (χ3v) is 2.47. The number of carbonyl (C=O) groups excluding carboxylic acids is 1. The van der Waals surface area contributed by atoms with Crippen LogP contribution in [0.5, 0.6) is 0 Å². The van der Waals surface area contributed by atoms with Crippen LogP contribution in [0.1, 0.15) is 33.1 Å². The molecule has 0 unspecified atom stereocenters. The quantitative estimate of drug-likeness (QED) is 0.650. The van der Waals surface area contributed by atoms with Crippen LogP contribution in [0.2, 0.25) is 0 Å². The average molecular weight is 171 g/mol. The van der Waals surface area contributed by atoms with Crippen molar-refractivity contribution in [2.75, 3.05) is 7.05 Å². The molecule has 0 aromatic carbocycles. The zero-order valence-electron chi connectivity index (χ0n) is 8.04. The highest BCUT2D eigenvalue weighted by atomic mass is 16.6. The Labute approximate surface area is 73.7 Å². The maximum atomic E-state index is 11.1. The molecule has 0 spiro atoms. The number of nitrogens with zero attached hydrogens (tertiary/aromatic N) is 1. The molecule has 1 amide bonds. The molecule has 3 heteroatoms. The first-order valence-corrected chi connectivity index (χ1v) is 4.60. The summed E-state index contributed by atoms with van der Waals surface area (Å²) in [6.45, 7) is 4.12. The number of carbonyl (C=O) groups is 1. The van der Waals surface area contributed by atoms with E-state index in [1.165, 1.54) is 6.42 Å². The Balaban J connectivity index is 2.45. The molecule has 1 aliphatic rings. The monoisotopic (exact) mass is 171 g/mol. The number of likely N-dealkylation sites (N-methyl/N-ethyl adjacent to an activating group) is 1. The molecular weight excluding hydrogens is 154 g/mol. The summed E-state index contributed by atoms with van der Waals surface area (Å²) in [5.74, 6) is 0. The summed E-state index contributed by atoms with van der Waals surface area (Å²) < 4.78 is 5.07. The van der Waals surface area contributed by atoms with Gasteiger partial charge in [-0.15, -0.1) is 0 Å². The fraction of sp³-hybridized carbons (Fsp3) is 0.889. The van der Waals surface area contributed by atoms with Gasteiger partial charge in [-0.25, -0.2) is 4.79 Å². The van der Waals surface area contributed by atoms with E-state index in [4.69, 9.17) is 4.74 Å². The molecule has 0 aliphatic carbocycles. The summed E-state index contributed by atoms with van der Waals surface area (Å²) in [5.41, 5.74) is 0. The SMILES string of the molecule is CCCC[C@H]1[C@@H](C)OC(=O)N1C. The van der Waals surface area contributed by atoms with Gasteiger partial charge in [0.15, 0.2) is 0 Å². The second-order valence-electron chi connectivity index (χ2n) is 3.41. The Bertz CT molecular complexity index is 170. The van der Waals surface area contributed by atoms with E-state index in [0.717, 1.165) is 12.8 Å². The van der Waals surface area contributed by atoms with Gasteiger partial charge in [-0.3, -0.25) is 0 Å². The van der Waals surface area contributed by atoms with E-state index in [0.29, 0.717) is 0 Å². The van der Waals surface area contributed by atoms with Crippen molar-refractivity contribution >= 4 is 6.09 Å². The third-order valence-electron chi connectivity index (χ3n) is 2.47. The van der Waals surface area contributed by atoms with Crippen molar-refractivity contribution in [3.05, 3.63) is 0 Å². The minimum absolute atomic E-state index is 0.0639. The summed E-state index contributed by atoms with van der Waals surface area (Å²) >= 11 is 0. The Morgan fingerprint density at radius 2 is 2.25 bits per heavy atom. The van der Waals surface area contributed by atoms with E-state index >= 15 is 0 Å². The predicted molar refractivity (Wildman–Crippen MR) is 47.0 cm³/mol. The van der Waals surface area contributed by atoms with Crippen LogP contribution >= 0.6 is 0 Å². The zero-order valence-corrected chi connectivity index (χ0v) is 8.04. The summed E-state index contributed by atoms with van der Waals surface area (Å²) in [6.07, 6.45) is 3.28. The number of ether oxygens (including phenoxy) is 1. The second-order valence-corrected chi connectivity index (χ2v) is 3.41. The lowest BCUT2D eigenvalue weighted by Crippen LogP contribution is -2.32. The van der Waals surface area contributed by atoms with E-state index in [9.17, 15) is 4.79 Å². The van der Waals surface area contributed by atoms with Crippen molar-refractivity contribution in [2.45, 2.75) is 45.3 Å². The third kappa shape index (κ3) is 1.71. The van der Waals surface area contributed by atoms with Gasteiger partial charge >= 0.3 is 6.09 Å². The van der Waals surface area contributed by atoms with E-state index in [-0.39, 0.29) is 18.2 Å². The van der Waals surface area contributed by atoms with E-state index < -0.39 is 0 Å². The van der Waals surface area contributed by atoms with Crippen molar-refractivity contribution in [3.63, 3.8) is 0 Å². The lowest BCUT2D eigenvalue weighted by Gasteiger charge is -2.18. The van der Waals surface area contributed by atoms with Gasteiger partial charge in [0.05, 0.1) is 6.04 Å². The van der Waals surface area contributed by atoms with E-state index in [1.807, 2.05) is 14.0 Å². The lowest BCUT2D eigenvalue weighted by atomic mass is 10.1. The number of hydrogen-bond acceptors (Lipinski definition) is 2. The molecule has 1 saturated heterocycles. The number of hydrogen-bond donors (Lipinski definition) is 0. The molecule has 3 nitrogen and oxygen atoms in total. The van der Waals surface area contributed by atoms with Crippen LogP contribution in [-0.4, -0.2) is 30.2 Å². The molecule has 0 saturated carbocycles. The van der Waals surface area contributed by atoms with Gasteiger partial charge in [0.1, 0.15) is 6.10 Å². The molecule has 0 aromatic heterocycles. The number of rotatable bonds is 3. The van der Waals surface area contributed by atoms with Crippen LogP contribution in [0.4, 0.5) is 4.79 Å². The molecule has 0 radical (unpaired) electrons. The van der Waals surface area contributed by atoms with Crippen molar-refractivity contribution in [2.24, 2.45) is 0 Å². The molecule has 70 valence electrons. The minimum Gasteiger partial charge on any atom is -0.444 e. The number of unbranched alkanes of at least 4 members (excludes halogenated alkanes) is 1. The van der Waals surface area contributed by atoms with Crippen molar-refractivity contribution in [1.29, 1.82) is 0 Å². The second kappa shape index (κ2) is 3.78. The highest BCUT2D eigenvalue weighted by Crippen LogP contribution is 2.21. The van der Waals surface area contributed by atoms with Crippen LogP contribution in [0.15, 0.2) is 0 Å². The molecule has 1 rings (SSSR count). The Kier molecular flexibility index (Phi) is 2.95. The molecule has 1 fully saturated rings. The zero-order chi connectivity index (χ0) is 9.14. The van der Waals surface area contributed by atoms with Crippen LogP contribution < -0.4 is 0 Å². The Morgan fingerprint density at radius 3 is 2.67 bits per heavy atom. The maximum Gasteiger partial charge on any atom is 0.410 e. The van der Waals surface area contributed by atoms with Gasteiger partial charge in [0.2, 0.25) is 0 Å². The van der Waals surface area contributed by atoms with Crippen LogP contribution in [-0.2, 0) is 4.74 Å². The molecule has 0 N–H and O–H groups in total. The fourth-order valence-corrected chi connectivity index (χ4v) is 1.61. The topological polar surface area (TPSA) is 29.5 Å². The number of amides is 1. The number of cyclic esters (lactones) is 1. The molecular formula is C9H17NO2. The Hall–Kier alpha value is -0.730. The van der Waals surface area contributed by atoms with Crippen LogP contribution in [0.25, 0.3) is 0 Å². The first kappa shape index (κ1) is 9.36. The van der Waals surface area contributed by atoms with Gasteiger partial charge in [0.25, 0.3) is 0 Å². The Morgan fingerprint density at radius 1 is 1.58 bits per heavy atom. The molecule has 12 heavy (non-hydrogen) atoms. The van der Waals surface area contributed by atoms with Crippen molar-refractivity contribution in [1.82, 2.24) is 4.90 Å². The highest BCUT2D eigenvalue weighted by molar-refractivity contribution is 5.70. The van der Waals surface area contributed by atoms with E-state index in [1.54, 1.807) is 4.90 Å². The molecule has 2 atom stereocenters. The van der Waals surface area contributed by atoms with Crippen LogP contribution in [0, 0.1) is 0 Å². The van der Waals surface area contributed by atoms with Gasteiger partial charge in [-0.1, -0.05) is 19.8 Å². The summed E-state index contributed by atoms with van der Waals surface area (Å²) in [4.78, 5) is 12.8. The molecule has 1 heterocycles.